The molecule has 1 saturated heterocycles. The van der Waals surface area contributed by atoms with Crippen molar-refractivity contribution in [1.82, 2.24) is 19.7 Å². The van der Waals surface area contributed by atoms with E-state index in [2.05, 4.69) is 49.0 Å². The molecule has 2 aromatic heterocycles. The third kappa shape index (κ3) is 5.31. The van der Waals surface area contributed by atoms with Crippen molar-refractivity contribution >= 4 is 45.0 Å². The summed E-state index contributed by atoms with van der Waals surface area (Å²) >= 11 is 1.58. The predicted molar refractivity (Wildman–Crippen MR) is 133 cm³/mol. The molecule has 0 atom stereocenters. The molecule has 0 spiro atoms. The van der Waals surface area contributed by atoms with Gasteiger partial charge >= 0.3 is 0 Å². The standard InChI is InChI=1S/C23H31N5O2S.ClH/c1-5-18-6-7-19-21(15-18)31-23(24-19)27(9-8-26-10-12-30-13-11-26)22(29)20-14-17(4)28(25-20)16(2)3;/h6-7,14-16H,5,8-13H2,1-4H3;1H. The fraction of sp³-hybridized carbons (Fsp3) is 0.522. The minimum absolute atomic E-state index is 0. The molecule has 3 aromatic rings. The first-order valence-corrected chi connectivity index (χ1v) is 11.9. The summed E-state index contributed by atoms with van der Waals surface area (Å²) < 4.78 is 8.48. The van der Waals surface area contributed by atoms with Crippen LogP contribution < -0.4 is 4.90 Å². The number of amides is 1. The molecule has 0 N–H and O–H groups in total. The smallest absolute Gasteiger partial charge is 0.280 e. The number of thiazole rings is 1. The lowest BCUT2D eigenvalue weighted by molar-refractivity contribution is 0.0391. The fourth-order valence-corrected chi connectivity index (χ4v) is 4.95. The van der Waals surface area contributed by atoms with Crippen LogP contribution in [0.25, 0.3) is 10.2 Å². The average Bonchev–Trinajstić information content (AvgIpc) is 3.37. The van der Waals surface area contributed by atoms with E-state index < -0.39 is 0 Å². The Morgan fingerprint density at radius 3 is 2.66 bits per heavy atom. The Morgan fingerprint density at radius 2 is 2.00 bits per heavy atom. The maximum atomic E-state index is 13.6. The lowest BCUT2D eigenvalue weighted by Gasteiger charge is -2.29. The van der Waals surface area contributed by atoms with Gasteiger partial charge in [-0.15, -0.1) is 12.4 Å². The van der Waals surface area contributed by atoms with Crippen molar-refractivity contribution in [1.29, 1.82) is 0 Å². The number of ether oxygens (including phenoxy) is 1. The minimum atomic E-state index is -0.0921. The second-order valence-electron chi connectivity index (χ2n) is 8.27. The van der Waals surface area contributed by atoms with Gasteiger partial charge in [-0.3, -0.25) is 19.3 Å². The van der Waals surface area contributed by atoms with Crippen molar-refractivity contribution in [2.75, 3.05) is 44.3 Å². The average molecular weight is 478 g/mol. The first-order chi connectivity index (χ1) is 15.0. The second kappa shape index (κ2) is 10.7. The van der Waals surface area contributed by atoms with Gasteiger partial charge in [-0.2, -0.15) is 5.10 Å². The number of fused-ring (bicyclic) bond motifs is 1. The molecule has 4 rings (SSSR count). The molecule has 1 fully saturated rings. The van der Waals surface area contributed by atoms with Gasteiger partial charge in [0.1, 0.15) is 0 Å². The van der Waals surface area contributed by atoms with Gasteiger partial charge in [0.25, 0.3) is 5.91 Å². The Hall–Kier alpha value is -2.00. The molecule has 32 heavy (non-hydrogen) atoms. The fourth-order valence-electron chi connectivity index (χ4n) is 3.90. The number of hydrogen-bond acceptors (Lipinski definition) is 6. The summed E-state index contributed by atoms with van der Waals surface area (Å²) in [7, 11) is 0. The zero-order valence-corrected chi connectivity index (χ0v) is 20.8. The maximum absolute atomic E-state index is 13.6. The van der Waals surface area contributed by atoms with Crippen LogP contribution in [0.15, 0.2) is 24.3 Å². The minimum Gasteiger partial charge on any atom is -0.379 e. The molecule has 9 heteroatoms. The molecule has 0 saturated carbocycles. The number of benzene rings is 1. The molecule has 7 nitrogen and oxygen atoms in total. The maximum Gasteiger partial charge on any atom is 0.280 e. The molecule has 1 amide bonds. The SMILES string of the molecule is CCc1ccc2nc(N(CCN3CCOCC3)C(=O)c3cc(C)n(C(C)C)n3)sc2c1.Cl. The largest absolute Gasteiger partial charge is 0.379 e. The summed E-state index contributed by atoms with van der Waals surface area (Å²) in [4.78, 5) is 22.5. The Balaban J connectivity index is 0.00000289. The first-order valence-electron chi connectivity index (χ1n) is 11.0. The van der Waals surface area contributed by atoms with Gasteiger partial charge in [0.2, 0.25) is 0 Å². The Labute approximate surface area is 199 Å². The van der Waals surface area contributed by atoms with Crippen LogP contribution in [0.3, 0.4) is 0 Å². The number of aryl methyl sites for hydroxylation is 2. The summed E-state index contributed by atoms with van der Waals surface area (Å²) in [5, 5.41) is 5.33. The van der Waals surface area contributed by atoms with E-state index in [1.165, 1.54) is 5.56 Å². The molecule has 1 aromatic carbocycles. The predicted octanol–water partition coefficient (Wildman–Crippen LogP) is 4.35. The van der Waals surface area contributed by atoms with E-state index in [-0.39, 0.29) is 24.4 Å². The highest BCUT2D eigenvalue weighted by molar-refractivity contribution is 7.22. The van der Waals surface area contributed by atoms with E-state index in [0.717, 1.165) is 60.3 Å². The van der Waals surface area contributed by atoms with Crippen LogP contribution in [0.5, 0.6) is 0 Å². The summed E-state index contributed by atoms with van der Waals surface area (Å²) in [6.45, 7) is 12.9. The summed E-state index contributed by atoms with van der Waals surface area (Å²) in [6.07, 6.45) is 0.981. The number of morpholine rings is 1. The number of carbonyl (C=O) groups excluding carboxylic acids is 1. The van der Waals surface area contributed by atoms with Gasteiger partial charge in [0.05, 0.1) is 23.4 Å². The van der Waals surface area contributed by atoms with Gasteiger partial charge in [-0.05, 0) is 51.0 Å². The van der Waals surface area contributed by atoms with Crippen LogP contribution in [0.2, 0.25) is 0 Å². The molecule has 3 heterocycles. The van der Waals surface area contributed by atoms with Crippen molar-refractivity contribution in [2.45, 2.75) is 40.2 Å². The monoisotopic (exact) mass is 477 g/mol. The normalized spacial score (nSPS) is 14.7. The number of nitrogens with zero attached hydrogens (tertiary/aromatic N) is 5. The van der Waals surface area contributed by atoms with Crippen molar-refractivity contribution in [3.8, 4) is 0 Å². The zero-order valence-electron chi connectivity index (χ0n) is 19.2. The van der Waals surface area contributed by atoms with Crippen molar-refractivity contribution < 1.29 is 9.53 Å². The van der Waals surface area contributed by atoms with Gasteiger partial charge in [0, 0.05) is 37.9 Å². The summed E-state index contributed by atoms with van der Waals surface area (Å²) in [5.41, 5.74) is 3.68. The van der Waals surface area contributed by atoms with Crippen molar-refractivity contribution in [3.05, 3.63) is 41.2 Å². The first kappa shape index (κ1) is 24.6. The Bertz CT molecular complexity index is 1060. The summed E-state index contributed by atoms with van der Waals surface area (Å²) in [6, 6.07) is 8.43. The molecular weight excluding hydrogens is 446 g/mol. The number of carbonyl (C=O) groups is 1. The number of rotatable bonds is 7. The van der Waals surface area contributed by atoms with E-state index in [1.807, 2.05) is 17.7 Å². The van der Waals surface area contributed by atoms with E-state index in [1.54, 1.807) is 16.2 Å². The van der Waals surface area contributed by atoms with Gasteiger partial charge in [0.15, 0.2) is 10.8 Å². The quantitative estimate of drug-likeness (QED) is 0.506. The molecular formula is C23H32ClN5O2S. The highest BCUT2D eigenvalue weighted by Crippen LogP contribution is 2.30. The highest BCUT2D eigenvalue weighted by atomic mass is 35.5. The van der Waals surface area contributed by atoms with Crippen LogP contribution in [0.1, 0.15) is 48.6 Å². The summed E-state index contributed by atoms with van der Waals surface area (Å²) in [5.74, 6) is -0.0921. The molecule has 0 bridgehead atoms. The van der Waals surface area contributed by atoms with E-state index in [9.17, 15) is 4.79 Å². The molecule has 1 aliphatic rings. The molecule has 0 unspecified atom stereocenters. The topological polar surface area (TPSA) is 63.5 Å². The van der Waals surface area contributed by atoms with E-state index in [4.69, 9.17) is 9.72 Å². The Morgan fingerprint density at radius 1 is 1.25 bits per heavy atom. The third-order valence-electron chi connectivity index (χ3n) is 5.70. The number of halogens is 1. The number of anilines is 1. The molecule has 0 radical (unpaired) electrons. The van der Waals surface area contributed by atoms with Crippen molar-refractivity contribution in [3.63, 3.8) is 0 Å². The van der Waals surface area contributed by atoms with Crippen LogP contribution in [0.4, 0.5) is 5.13 Å². The molecule has 174 valence electrons. The molecule has 0 aliphatic carbocycles. The Kier molecular flexibility index (Phi) is 8.27. The van der Waals surface area contributed by atoms with Crippen LogP contribution >= 0.6 is 23.7 Å². The van der Waals surface area contributed by atoms with E-state index in [0.29, 0.717) is 12.2 Å². The third-order valence-corrected chi connectivity index (χ3v) is 6.74. The van der Waals surface area contributed by atoms with Crippen LogP contribution in [-0.4, -0.2) is 65.0 Å². The lowest BCUT2D eigenvalue weighted by atomic mass is 10.2. The van der Waals surface area contributed by atoms with Crippen LogP contribution in [0, 0.1) is 6.92 Å². The second-order valence-corrected chi connectivity index (χ2v) is 9.28. The van der Waals surface area contributed by atoms with E-state index >= 15 is 0 Å². The van der Waals surface area contributed by atoms with Crippen molar-refractivity contribution in [2.24, 2.45) is 0 Å². The van der Waals surface area contributed by atoms with Gasteiger partial charge in [-0.1, -0.05) is 24.3 Å². The zero-order chi connectivity index (χ0) is 22.0. The number of hydrogen-bond donors (Lipinski definition) is 0. The van der Waals surface area contributed by atoms with Gasteiger partial charge in [-0.25, -0.2) is 4.98 Å². The lowest BCUT2D eigenvalue weighted by Crippen LogP contribution is -2.43. The number of aromatic nitrogens is 3. The molecule has 1 aliphatic heterocycles. The van der Waals surface area contributed by atoms with Crippen LogP contribution in [-0.2, 0) is 11.2 Å². The highest BCUT2D eigenvalue weighted by Gasteiger charge is 2.25. The van der Waals surface area contributed by atoms with Gasteiger partial charge < -0.3 is 4.74 Å².